The van der Waals surface area contributed by atoms with Crippen molar-refractivity contribution in [3.05, 3.63) is 51.8 Å². The summed E-state index contributed by atoms with van der Waals surface area (Å²) in [6.45, 7) is 4.66. The maximum atomic E-state index is 11.3. The van der Waals surface area contributed by atoms with E-state index in [0.717, 1.165) is 27.5 Å². The lowest BCUT2D eigenvalue weighted by atomic mass is 10.1. The van der Waals surface area contributed by atoms with E-state index >= 15 is 0 Å². The highest BCUT2D eigenvalue weighted by Crippen LogP contribution is 2.18. The first-order valence-corrected chi connectivity index (χ1v) is 7.23. The minimum atomic E-state index is -0.198. The molecule has 4 nitrogen and oxygen atoms in total. The SMILES string of the molecule is COC(=O)CCc1c(C)nn(Cc2cccc(Cl)c2)c1C. The molecule has 5 heteroatoms. The van der Waals surface area contributed by atoms with Crippen LogP contribution in [0.5, 0.6) is 0 Å². The van der Waals surface area contributed by atoms with Gasteiger partial charge in [-0.15, -0.1) is 0 Å². The third kappa shape index (κ3) is 3.85. The Bertz CT molecular complexity index is 650. The zero-order valence-electron chi connectivity index (χ0n) is 12.5. The first-order valence-electron chi connectivity index (χ1n) is 6.85. The zero-order valence-corrected chi connectivity index (χ0v) is 13.3. The molecule has 0 atom stereocenters. The summed E-state index contributed by atoms with van der Waals surface area (Å²) >= 11 is 6.01. The second kappa shape index (κ2) is 6.76. The van der Waals surface area contributed by atoms with Gasteiger partial charge in [-0.05, 0) is 43.5 Å². The zero-order chi connectivity index (χ0) is 15.4. The van der Waals surface area contributed by atoms with Crippen molar-refractivity contribution in [1.82, 2.24) is 9.78 Å². The van der Waals surface area contributed by atoms with Crippen molar-refractivity contribution in [3.8, 4) is 0 Å². The molecular weight excluding hydrogens is 288 g/mol. The smallest absolute Gasteiger partial charge is 0.305 e. The molecular formula is C16H19ClN2O2. The van der Waals surface area contributed by atoms with Gasteiger partial charge in [-0.2, -0.15) is 5.10 Å². The highest BCUT2D eigenvalue weighted by atomic mass is 35.5. The van der Waals surface area contributed by atoms with Crippen LogP contribution >= 0.6 is 11.6 Å². The van der Waals surface area contributed by atoms with E-state index in [1.807, 2.05) is 42.8 Å². The second-order valence-corrected chi connectivity index (χ2v) is 5.45. The minimum absolute atomic E-state index is 0.198. The van der Waals surface area contributed by atoms with Crippen LogP contribution in [-0.2, 0) is 22.5 Å². The van der Waals surface area contributed by atoms with Crippen molar-refractivity contribution in [1.29, 1.82) is 0 Å². The lowest BCUT2D eigenvalue weighted by Gasteiger charge is -2.06. The highest BCUT2D eigenvalue weighted by Gasteiger charge is 2.13. The number of rotatable bonds is 5. The molecule has 0 saturated carbocycles. The molecule has 0 aliphatic carbocycles. The summed E-state index contributed by atoms with van der Waals surface area (Å²) in [5, 5.41) is 5.28. The fourth-order valence-electron chi connectivity index (χ4n) is 2.39. The number of carbonyl (C=O) groups is 1. The van der Waals surface area contributed by atoms with Gasteiger partial charge in [-0.1, -0.05) is 23.7 Å². The van der Waals surface area contributed by atoms with Crippen LogP contribution in [0.3, 0.4) is 0 Å². The summed E-state index contributed by atoms with van der Waals surface area (Å²) in [5.41, 5.74) is 4.25. The van der Waals surface area contributed by atoms with Gasteiger partial charge in [-0.3, -0.25) is 9.48 Å². The Morgan fingerprint density at radius 2 is 2.14 bits per heavy atom. The van der Waals surface area contributed by atoms with Crippen LogP contribution in [0.25, 0.3) is 0 Å². The largest absolute Gasteiger partial charge is 0.469 e. The van der Waals surface area contributed by atoms with Gasteiger partial charge in [-0.25, -0.2) is 0 Å². The molecule has 0 fully saturated rings. The Morgan fingerprint density at radius 1 is 1.38 bits per heavy atom. The van der Waals surface area contributed by atoms with Gasteiger partial charge in [0.25, 0.3) is 0 Å². The first kappa shape index (κ1) is 15.6. The molecule has 0 aliphatic rings. The number of hydrogen-bond acceptors (Lipinski definition) is 3. The molecule has 0 amide bonds. The second-order valence-electron chi connectivity index (χ2n) is 5.01. The van der Waals surface area contributed by atoms with Gasteiger partial charge in [0.15, 0.2) is 0 Å². The number of esters is 1. The number of methoxy groups -OCH3 is 1. The van der Waals surface area contributed by atoms with E-state index in [9.17, 15) is 4.79 Å². The quantitative estimate of drug-likeness (QED) is 0.796. The van der Waals surface area contributed by atoms with Crippen molar-refractivity contribution < 1.29 is 9.53 Å². The van der Waals surface area contributed by atoms with E-state index in [1.54, 1.807) is 0 Å². The number of halogens is 1. The molecule has 2 aromatic rings. The minimum Gasteiger partial charge on any atom is -0.469 e. The molecule has 0 radical (unpaired) electrons. The molecule has 0 bridgehead atoms. The molecule has 112 valence electrons. The maximum Gasteiger partial charge on any atom is 0.305 e. The topological polar surface area (TPSA) is 44.1 Å². The van der Waals surface area contributed by atoms with Gasteiger partial charge >= 0.3 is 5.97 Å². The molecule has 0 N–H and O–H groups in total. The van der Waals surface area contributed by atoms with E-state index in [2.05, 4.69) is 9.84 Å². The summed E-state index contributed by atoms with van der Waals surface area (Å²) < 4.78 is 6.64. The lowest BCUT2D eigenvalue weighted by molar-refractivity contribution is -0.140. The predicted molar refractivity (Wildman–Crippen MR) is 82.6 cm³/mol. The predicted octanol–water partition coefficient (Wildman–Crippen LogP) is 3.31. The molecule has 0 unspecified atom stereocenters. The third-order valence-corrected chi connectivity index (χ3v) is 3.79. The van der Waals surface area contributed by atoms with Crippen molar-refractivity contribution in [2.45, 2.75) is 33.2 Å². The van der Waals surface area contributed by atoms with Gasteiger partial charge < -0.3 is 4.74 Å². The van der Waals surface area contributed by atoms with Gasteiger partial charge in [0.05, 0.1) is 19.3 Å². The average molecular weight is 307 g/mol. The summed E-state index contributed by atoms with van der Waals surface area (Å²) in [7, 11) is 1.41. The molecule has 1 aromatic heterocycles. The third-order valence-electron chi connectivity index (χ3n) is 3.56. The Labute approximate surface area is 129 Å². The van der Waals surface area contributed by atoms with Crippen molar-refractivity contribution in [2.24, 2.45) is 0 Å². The highest BCUT2D eigenvalue weighted by molar-refractivity contribution is 6.30. The van der Waals surface area contributed by atoms with Crippen LogP contribution in [0.1, 0.15) is 28.9 Å². The summed E-state index contributed by atoms with van der Waals surface area (Å²) in [6, 6.07) is 7.75. The van der Waals surface area contributed by atoms with Gasteiger partial charge in [0, 0.05) is 17.1 Å². The van der Waals surface area contributed by atoms with E-state index in [0.29, 0.717) is 19.4 Å². The van der Waals surface area contributed by atoms with Crippen LogP contribution in [0, 0.1) is 13.8 Å². The van der Waals surface area contributed by atoms with E-state index in [4.69, 9.17) is 11.6 Å². The van der Waals surface area contributed by atoms with E-state index < -0.39 is 0 Å². The van der Waals surface area contributed by atoms with E-state index in [-0.39, 0.29) is 5.97 Å². The number of benzene rings is 1. The number of carbonyl (C=O) groups excluding carboxylic acids is 1. The molecule has 0 saturated heterocycles. The average Bonchev–Trinajstić information content (AvgIpc) is 2.71. The van der Waals surface area contributed by atoms with Gasteiger partial charge in [0.2, 0.25) is 0 Å². The van der Waals surface area contributed by atoms with Crippen LogP contribution in [0.4, 0.5) is 0 Å². The normalized spacial score (nSPS) is 10.7. The van der Waals surface area contributed by atoms with Crippen LogP contribution in [0.2, 0.25) is 5.02 Å². The van der Waals surface area contributed by atoms with Crippen molar-refractivity contribution >= 4 is 17.6 Å². The Hall–Kier alpha value is -1.81. The number of aromatic nitrogens is 2. The molecule has 1 heterocycles. The lowest BCUT2D eigenvalue weighted by Crippen LogP contribution is -2.05. The number of aryl methyl sites for hydroxylation is 1. The molecule has 1 aromatic carbocycles. The fraction of sp³-hybridized carbons (Fsp3) is 0.375. The fourth-order valence-corrected chi connectivity index (χ4v) is 2.60. The van der Waals surface area contributed by atoms with Crippen molar-refractivity contribution in [3.63, 3.8) is 0 Å². The number of nitrogens with zero attached hydrogens (tertiary/aromatic N) is 2. The van der Waals surface area contributed by atoms with E-state index in [1.165, 1.54) is 7.11 Å². The van der Waals surface area contributed by atoms with Crippen LogP contribution in [0.15, 0.2) is 24.3 Å². The Kier molecular flexibility index (Phi) is 5.02. The summed E-state index contributed by atoms with van der Waals surface area (Å²) in [6.07, 6.45) is 1.03. The first-order chi connectivity index (χ1) is 10.0. The monoisotopic (exact) mass is 306 g/mol. The summed E-state index contributed by atoms with van der Waals surface area (Å²) in [4.78, 5) is 11.3. The number of hydrogen-bond donors (Lipinski definition) is 0. The number of ether oxygens (including phenoxy) is 1. The van der Waals surface area contributed by atoms with Crippen LogP contribution < -0.4 is 0 Å². The maximum absolute atomic E-state index is 11.3. The molecule has 0 aliphatic heterocycles. The summed E-state index contributed by atoms with van der Waals surface area (Å²) in [5.74, 6) is -0.198. The Morgan fingerprint density at radius 3 is 2.81 bits per heavy atom. The molecule has 2 rings (SSSR count). The standard InChI is InChI=1S/C16H19ClN2O2/c1-11-15(7-8-16(20)21-3)12(2)19(18-11)10-13-5-4-6-14(17)9-13/h4-6,9H,7-8,10H2,1-3H3. The van der Waals surface area contributed by atoms with Crippen molar-refractivity contribution in [2.75, 3.05) is 7.11 Å². The molecule has 21 heavy (non-hydrogen) atoms. The molecule has 0 spiro atoms. The van der Waals surface area contributed by atoms with Crippen LogP contribution in [-0.4, -0.2) is 22.9 Å². The Balaban J connectivity index is 2.16. The van der Waals surface area contributed by atoms with Gasteiger partial charge in [0.1, 0.15) is 0 Å².